The van der Waals surface area contributed by atoms with Gasteiger partial charge in [-0.05, 0) is 50.6 Å². The number of piperidine rings is 1. The van der Waals surface area contributed by atoms with Gasteiger partial charge >= 0.3 is 5.97 Å². The molecule has 1 aliphatic carbocycles. The first-order valence-electron chi connectivity index (χ1n) is 8.24. The van der Waals surface area contributed by atoms with Crippen LogP contribution in [0.1, 0.15) is 51.9 Å². The van der Waals surface area contributed by atoms with E-state index in [-0.39, 0.29) is 12.0 Å². The summed E-state index contributed by atoms with van der Waals surface area (Å²) in [6.45, 7) is 4.04. The van der Waals surface area contributed by atoms with Crippen molar-refractivity contribution in [2.24, 2.45) is 17.6 Å². The number of carbonyl (C=O) groups excluding carboxylic acids is 1. The molecule has 4 heteroatoms. The molecule has 4 nitrogen and oxygen atoms in total. The molecule has 0 aromatic heterocycles. The molecule has 1 saturated carbocycles. The van der Waals surface area contributed by atoms with Crippen molar-refractivity contribution >= 4 is 5.97 Å². The molecule has 0 radical (unpaired) electrons. The summed E-state index contributed by atoms with van der Waals surface area (Å²) in [5.74, 6) is 1.28. The van der Waals surface area contributed by atoms with Crippen LogP contribution >= 0.6 is 0 Å². The van der Waals surface area contributed by atoms with Gasteiger partial charge in [-0.15, -0.1) is 0 Å². The van der Waals surface area contributed by atoms with Gasteiger partial charge < -0.3 is 10.5 Å². The molecular formula is C16H30N2O2. The molecule has 2 aliphatic rings. The van der Waals surface area contributed by atoms with Gasteiger partial charge in [0.2, 0.25) is 0 Å². The lowest BCUT2D eigenvalue weighted by Gasteiger charge is -2.46. The van der Waals surface area contributed by atoms with Gasteiger partial charge in [0.15, 0.2) is 0 Å². The number of hydrogen-bond donors (Lipinski definition) is 1. The fourth-order valence-corrected chi connectivity index (χ4v) is 4.09. The number of methoxy groups -OCH3 is 1. The zero-order valence-electron chi connectivity index (χ0n) is 13.0. The quantitative estimate of drug-likeness (QED) is 0.803. The largest absolute Gasteiger partial charge is 0.468 e. The summed E-state index contributed by atoms with van der Waals surface area (Å²) in [5, 5.41) is 0. The van der Waals surface area contributed by atoms with Crippen LogP contribution in [0, 0.1) is 11.8 Å². The molecular weight excluding hydrogens is 252 g/mol. The number of likely N-dealkylation sites (tertiary alicyclic amines) is 1. The molecule has 2 N–H and O–H groups in total. The van der Waals surface area contributed by atoms with Gasteiger partial charge in [0.05, 0.1) is 7.11 Å². The van der Waals surface area contributed by atoms with Crippen molar-refractivity contribution in [1.29, 1.82) is 0 Å². The van der Waals surface area contributed by atoms with E-state index in [9.17, 15) is 4.79 Å². The minimum atomic E-state index is -0.0564. The van der Waals surface area contributed by atoms with Crippen molar-refractivity contribution in [3.05, 3.63) is 0 Å². The average Bonchev–Trinajstić information content (AvgIpc) is 2.53. The minimum absolute atomic E-state index is 0.0385. The number of ether oxygens (including phenoxy) is 1. The van der Waals surface area contributed by atoms with E-state index in [0.29, 0.717) is 12.0 Å². The molecule has 4 atom stereocenters. The highest BCUT2D eigenvalue weighted by Gasteiger charge is 2.39. The second-order valence-electron chi connectivity index (χ2n) is 6.42. The number of nitrogens with zero attached hydrogens (tertiary/aromatic N) is 1. The predicted molar refractivity (Wildman–Crippen MR) is 80.3 cm³/mol. The van der Waals surface area contributed by atoms with Crippen molar-refractivity contribution in [2.45, 2.75) is 64.0 Å². The Hall–Kier alpha value is -0.610. The Morgan fingerprint density at radius 1 is 1.30 bits per heavy atom. The Balaban J connectivity index is 2.12. The van der Waals surface area contributed by atoms with Gasteiger partial charge in [-0.3, -0.25) is 9.69 Å². The molecule has 1 heterocycles. The molecule has 116 valence electrons. The van der Waals surface area contributed by atoms with E-state index >= 15 is 0 Å². The third-order valence-corrected chi connectivity index (χ3v) is 5.39. The monoisotopic (exact) mass is 282 g/mol. The number of esters is 1. The summed E-state index contributed by atoms with van der Waals surface area (Å²) in [5.41, 5.74) is 6.00. The Labute approximate surface area is 123 Å². The molecule has 1 aliphatic heterocycles. The Morgan fingerprint density at radius 2 is 2.10 bits per heavy atom. The zero-order chi connectivity index (χ0) is 14.5. The van der Waals surface area contributed by atoms with Crippen LogP contribution in [0.2, 0.25) is 0 Å². The van der Waals surface area contributed by atoms with Gasteiger partial charge in [0.25, 0.3) is 0 Å². The Morgan fingerprint density at radius 3 is 2.75 bits per heavy atom. The van der Waals surface area contributed by atoms with Crippen LogP contribution in [0.15, 0.2) is 0 Å². The number of rotatable bonds is 4. The summed E-state index contributed by atoms with van der Waals surface area (Å²) >= 11 is 0. The second kappa shape index (κ2) is 7.41. The molecule has 0 amide bonds. The maximum absolute atomic E-state index is 12.1. The minimum Gasteiger partial charge on any atom is -0.468 e. The van der Waals surface area contributed by atoms with Gasteiger partial charge in [0.1, 0.15) is 6.04 Å². The molecule has 2 fully saturated rings. The van der Waals surface area contributed by atoms with Crippen molar-refractivity contribution in [3.8, 4) is 0 Å². The van der Waals surface area contributed by atoms with Crippen molar-refractivity contribution in [3.63, 3.8) is 0 Å². The van der Waals surface area contributed by atoms with Gasteiger partial charge in [-0.25, -0.2) is 0 Å². The highest BCUT2D eigenvalue weighted by atomic mass is 16.5. The third-order valence-electron chi connectivity index (χ3n) is 5.39. The highest BCUT2D eigenvalue weighted by Crippen LogP contribution is 2.36. The van der Waals surface area contributed by atoms with Gasteiger partial charge in [-0.2, -0.15) is 0 Å². The van der Waals surface area contributed by atoms with Crippen molar-refractivity contribution in [1.82, 2.24) is 4.90 Å². The second-order valence-corrected chi connectivity index (χ2v) is 6.42. The number of hydrogen-bond acceptors (Lipinski definition) is 4. The lowest BCUT2D eigenvalue weighted by molar-refractivity contribution is -0.150. The molecule has 4 unspecified atom stereocenters. The van der Waals surface area contributed by atoms with Crippen LogP contribution in [-0.2, 0) is 9.53 Å². The first-order chi connectivity index (χ1) is 9.71. The first kappa shape index (κ1) is 15.8. The smallest absolute Gasteiger partial charge is 0.323 e. The topological polar surface area (TPSA) is 55.6 Å². The maximum atomic E-state index is 12.1. The average molecular weight is 282 g/mol. The molecule has 0 aromatic rings. The lowest BCUT2D eigenvalue weighted by atomic mass is 9.75. The predicted octanol–water partition coefficient (Wildman–Crippen LogP) is 2.17. The molecule has 1 saturated heterocycles. The van der Waals surface area contributed by atoms with Crippen molar-refractivity contribution < 1.29 is 9.53 Å². The summed E-state index contributed by atoms with van der Waals surface area (Å²) < 4.78 is 5.02. The van der Waals surface area contributed by atoms with E-state index in [2.05, 4.69) is 11.8 Å². The van der Waals surface area contributed by atoms with Crippen molar-refractivity contribution in [2.75, 3.05) is 20.2 Å². The SMILES string of the molecule is CCC1CCC(CN)C(N2CCCCC2C(=O)OC)C1. The normalized spacial score (nSPS) is 35.8. The summed E-state index contributed by atoms with van der Waals surface area (Å²) in [6.07, 6.45) is 8.22. The van der Waals surface area contributed by atoms with Crippen LogP contribution < -0.4 is 5.73 Å². The summed E-state index contributed by atoms with van der Waals surface area (Å²) in [4.78, 5) is 14.5. The van der Waals surface area contributed by atoms with Crippen LogP contribution in [0.25, 0.3) is 0 Å². The first-order valence-corrected chi connectivity index (χ1v) is 8.24. The van der Waals surface area contributed by atoms with E-state index in [4.69, 9.17) is 10.5 Å². The molecule has 20 heavy (non-hydrogen) atoms. The zero-order valence-corrected chi connectivity index (χ0v) is 13.0. The molecule has 0 bridgehead atoms. The lowest BCUT2D eigenvalue weighted by Crippen LogP contribution is -2.55. The van der Waals surface area contributed by atoms with E-state index in [0.717, 1.165) is 31.8 Å². The Bertz CT molecular complexity index is 322. The van der Waals surface area contributed by atoms with E-state index in [1.165, 1.54) is 39.2 Å². The van der Waals surface area contributed by atoms with Gasteiger partial charge in [-0.1, -0.05) is 26.2 Å². The maximum Gasteiger partial charge on any atom is 0.323 e. The molecule has 2 rings (SSSR count). The van der Waals surface area contributed by atoms with Crippen LogP contribution in [-0.4, -0.2) is 43.2 Å². The van der Waals surface area contributed by atoms with E-state index in [1.54, 1.807) is 0 Å². The number of carbonyl (C=O) groups is 1. The highest BCUT2D eigenvalue weighted by molar-refractivity contribution is 5.75. The van der Waals surface area contributed by atoms with Crippen LogP contribution in [0.5, 0.6) is 0 Å². The third kappa shape index (κ3) is 3.34. The van der Waals surface area contributed by atoms with Crippen LogP contribution in [0.4, 0.5) is 0 Å². The molecule has 0 spiro atoms. The summed E-state index contributed by atoms with van der Waals surface area (Å²) in [7, 11) is 1.51. The van der Waals surface area contributed by atoms with Crippen LogP contribution in [0.3, 0.4) is 0 Å². The van der Waals surface area contributed by atoms with E-state index < -0.39 is 0 Å². The fourth-order valence-electron chi connectivity index (χ4n) is 4.09. The summed E-state index contributed by atoms with van der Waals surface area (Å²) in [6, 6.07) is 0.437. The number of nitrogens with two attached hydrogens (primary N) is 1. The standard InChI is InChI=1S/C16H30N2O2/c1-3-12-7-8-13(11-17)15(10-12)18-9-5-4-6-14(18)16(19)20-2/h12-15H,3-11,17H2,1-2H3. The fraction of sp³-hybridized carbons (Fsp3) is 0.938. The molecule has 0 aromatic carbocycles. The van der Waals surface area contributed by atoms with Gasteiger partial charge in [0, 0.05) is 6.04 Å². The Kier molecular flexibility index (Phi) is 5.85. The van der Waals surface area contributed by atoms with E-state index in [1.807, 2.05) is 0 Å².